The summed E-state index contributed by atoms with van der Waals surface area (Å²) in [5.74, 6) is -1.27. The van der Waals surface area contributed by atoms with Crippen LogP contribution in [0.15, 0.2) is 18.5 Å². The third kappa shape index (κ3) is 3.81. The number of pyridine rings is 1. The molecule has 1 aromatic heterocycles. The Hall–Kier alpha value is -1.95. The number of carbonyl (C=O) groups is 2. The van der Waals surface area contributed by atoms with Gasteiger partial charge in [0.05, 0.1) is 6.61 Å². The summed E-state index contributed by atoms with van der Waals surface area (Å²) in [5.41, 5.74) is 7.34. The van der Waals surface area contributed by atoms with E-state index in [1.807, 2.05) is 6.92 Å². The van der Waals surface area contributed by atoms with E-state index in [2.05, 4.69) is 15.0 Å². The normalized spacial score (nSPS) is 11.7. The predicted molar refractivity (Wildman–Crippen MR) is 65.4 cm³/mol. The minimum atomic E-state index is -1.29. The van der Waals surface area contributed by atoms with Crippen LogP contribution >= 0.6 is 0 Å². The predicted octanol–water partition coefficient (Wildman–Crippen LogP) is -0.103. The zero-order valence-corrected chi connectivity index (χ0v) is 10.5. The first kappa shape index (κ1) is 14.1. The summed E-state index contributed by atoms with van der Waals surface area (Å²) in [6.45, 7) is 4.05. The number of aromatic nitrogens is 1. The average molecular weight is 251 g/mol. The van der Waals surface area contributed by atoms with Gasteiger partial charge in [0.25, 0.3) is 0 Å². The van der Waals surface area contributed by atoms with Crippen LogP contribution in [0.25, 0.3) is 0 Å². The lowest BCUT2D eigenvalue weighted by atomic mass is 10.1. The van der Waals surface area contributed by atoms with Crippen molar-refractivity contribution in [2.45, 2.75) is 26.4 Å². The van der Waals surface area contributed by atoms with Gasteiger partial charge in [0.2, 0.25) is 5.91 Å². The fourth-order valence-corrected chi connectivity index (χ4v) is 1.33. The molecule has 0 aliphatic rings. The van der Waals surface area contributed by atoms with Crippen LogP contribution in [0, 0.1) is 6.92 Å². The van der Waals surface area contributed by atoms with Crippen LogP contribution in [0.4, 0.5) is 0 Å². The maximum absolute atomic E-state index is 11.6. The summed E-state index contributed by atoms with van der Waals surface area (Å²) in [6.07, 6.45) is 3.34. The largest absolute Gasteiger partial charge is 0.464 e. The standard InChI is InChI=1S/C12H17N3O3/c1-3-18-12(17)10(13)11(16)15-7-9-4-5-14-6-8(9)2/h4-6,10H,3,7,13H2,1-2H3,(H,15,16). The second kappa shape index (κ2) is 6.70. The van der Waals surface area contributed by atoms with E-state index in [1.165, 1.54) is 0 Å². The molecule has 1 rings (SSSR count). The van der Waals surface area contributed by atoms with Crippen LogP contribution in [0.2, 0.25) is 0 Å². The van der Waals surface area contributed by atoms with Gasteiger partial charge in [-0.1, -0.05) is 0 Å². The Kier molecular flexibility index (Phi) is 5.26. The molecule has 0 fully saturated rings. The molecule has 0 radical (unpaired) electrons. The Balaban J connectivity index is 2.51. The van der Waals surface area contributed by atoms with Crippen molar-refractivity contribution in [1.29, 1.82) is 0 Å². The molecule has 1 heterocycles. The molecule has 0 spiro atoms. The molecule has 0 aromatic carbocycles. The van der Waals surface area contributed by atoms with Crippen molar-refractivity contribution in [2.24, 2.45) is 5.73 Å². The molecule has 0 saturated heterocycles. The number of aryl methyl sites for hydroxylation is 1. The van der Waals surface area contributed by atoms with Gasteiger partial charge in [-0.25, -0.2) is 4.79 Å². The Morgan fingerprint density at radius 1 is 1.56 bits per heavy atom. The maximum atomic E-state index is 11.6. The minimum Gasteiger partial charge on any atom is -0.464 e. The van der Waals surface area contributed by atoms with Crippen molar-refractivity contribution in [3.8, 4) is 0 Å². The number of nitrogens with two attached hydrogens (primary N) is 1. The summed E-state index contributed by atoms with van der Waals surface area (Å²) < 4.78 is 4.67. The SMILES string of the molecule is CCOC(=O)C(N)C(=O)NCc1ccncc1C. The zero-order valence-electron chi connectivity index (χ0n) is 10.5. The quantitative estimate of drug-likeness (QED) is 0.563. The van der Waals surface area contributed by atoms with Gasteiger partial charge < -0.3 is 15.8 Å². The first-order valence-corrected chi connectivity index (χ1v) is 5.65. The molecule has 0 aliphatic carbocycles. The molecule has 98 valence electrons. The summed E-state index contributed by atoms with van der Waals surface area (Å²) in [6, 6.07) is 0.512. The third-order valence-electron chi connectivity index (χ3n) is 2.41. The fourth-order valence-electron chi connectivity index (χ4n) is 1.33. The van der Waals surface area contributed by atoms with Crippen LogP contribution in [0.5, 0.6) is 0 Å². The van der Waals surface area contributed by atoms with Crippen molar-refractivity contribution >= 4 is 11.9 Å². The van der Waals surface area contributed by atoms with Gasteiger partial charge >= 0.3 is 5.97 Å². The Labute approximate surface area is 106 Å². The van der Waals surface area contributed by atoms with E-state index in [4.69, 9.17) is 5.73 Å². The number of hydrogen-bond donors (Lipinski definition) is 2. The van der Waals surface area contributed by atoms with E-state index in [0.717, 1.165) is 11.1 Å². The first-order valence-electron chi connectivity index (χ1n) is 5.65. The van der Waals surface area contributed by atoms with Gasteiger partial charge in [-0.3, -0.25) is 9.78 Å². The monoisotopic (exact) mass is 251 g/mol. The third-order valence-corrected chi connectivity index (χ3v) is 2.41. The highest BCUT2D eigenvalue weighted by atomic mass is 16.5. The van der Waals surface area contributed by atoms with Gasteiger partial charge in [0.1, 0.15) is 0 Å². The molecule has 1 aromatic rings. The van der Waals surface area contributed by atoms with Gasteiger partial charge in [0.15, 0.2) is 6.04 Å². The smallest absolute Gasteiger partial charge is 0.332 e. The highest BCUT2D eigenvalue weighted by Gasteiger charge is 2.22. The Morgan fingerprint density at radius 3 is 2.89 bits per heavy atom. The molecule has 6 nitrogen and oxygen atoms in total. The average Bonchev–Trinajstić information content (AvgIpc) is 2.36. The van der Waals surface area contributed by atoms with Crippen molar-refractivity contribution in [2.75, 3.05) is 6.61 Å². The lowest BCUT2D eigenvalue weighted by Crippen LogP contribution is -2.46. The van der Waals surface area contributed by atoms with E-state index in [-0.39, 0.29) is 6.61 Å². The van der Waals surface area contributed by atoms with E-state index < -0.39 is 17.9 Å². The summed E-state index contributed by atoms with van der Waals surface area (Å²) in [4.78, 5) is 26.8. The number of carbonyl (C=O) groups excluding carboxylic acids is 2. The summed E-state index contributed by atoms with van der Waals surface area (Å²) in [7, 11) is 0. The molecule has 1 unspecified atom stereocenters. The van der Waals surface area contributed by atoms with Crippen LogP contribution < -0.4 is 11.1 Å². The van der Waals surface area contributed by atoms with Crippen LogP contribution in [0.3, 0.4) is 0 Å². The highest BCUT2D eigenvalue weighted by Crippen LogP contribution is 2.04. The molecular formula is C12H17N3O3. The van der Waals surface area contributed by atoms with Crippen molar-refractivity contribution < 1.29 is 14.3 Å². The molecule has 1 atom stereocenters. The van der Waals surface area contributed by atoms with E-state index in [0.29, 0.717) is 6.54 Å². The number of esters is 1. The number of hydrogen-bond acceptors (Lipinski definition) is 5. The number of nitrogens with zero attached hydrogens (tertiary/aromatic N) is 1. The Bertz CT molecular complexity index is 434. The van der Waals surface area contributed by atoms with Crippen LogP contribution in [-0.4, -0.2) is 29.5 Å². The van der Waals surface area contributed by atoms with E-state index in [9.17, 15) is 9.59 Å². The number of amides is 1. The van der Waals surface area contributed by atoms with E-state index in [1.54, 1.807) is 25.4 Å². The topological polar surface area (TPSA) is 94.3 Å². The molecule has 3 N–H and O–H groups in total. The van der Waals surface area contributed by atoms with Gasteiger partial charge in [0, 0.05) is 18.9 Å². The van der Waals surface area contributed by atoms with Crippen LogP contribution in [0.1, 0.15) is 18.1 Å². The van der Waals surface area contributed by atoms with Crippen LogP contribution in [-0.2, 0) is 20.9 Å². The van der Waals surface area contributed by atoms with Crippen molar-refractivity contribution in [3.63, 3.8) is 0 Å². The minimum absolute atomic E-state index is 0.198. The number of rotatable bonds is 5. The maximum Gasteiger partial charge on any atom is 0.332 e. The number of ether oxygens (including phenoxy) is 1. The van der Waals surface area contributed by atoms with E-state index >= 15 is 0 Å². The van der Waals surface area contributed by atoms with Gasteiger partial charge in [-0.2, -0.15) is 0 Å². The van der Waals surface area contributed by atoms with Gasteiger partial charge in [-0.15, -0.1) is 0 Å². The lowest BCUT2D eigenvalue weighted by Gasteiger charge is -2.12. The highest BCUT2D eigenvalue weighted by molar-refractivity contribution is 6.01. The first-order chi connectivity index (χ1) is 8.56. The number of nitrogens with one attached hydrogen (secondary N) is 1. The molecular weight excluding hydrogens is 234 g/mol. The summed E-state index contributed by atoms with van der Waals surface area (Å²) >= 11 is 0. The zero-order chi connectivity index (χ0) is 13.5. The summed E-state index contributed by atoms with van der Waals surface area (Å²) in [5, 5.41) is 2.59. The second-order valence-electron chi connectivity index (χ2n) is 3.75. The van der Waals surface area contributed by atoms with Gasteiger partial charge in [-0.05, 0) is 31.0 Å². The van der Waals surface area contributed by atoms with Crippen molar-refractivity contribution in [3.05, 3.63) is 29.6 Å². The molecule has 0 aliphatic heterocycles. The molecule has 6 heteroatoms. The molecule has 1 amide bonds. The second-order valence-corrected chi connectivity index (χ2v) is 3.75. The molecule has 0 saturated carbocycles. The molecule has 18 heavy (non-hydrogen) atoms. The molecule has 0 bridgehead atoms. The van der Waals surface area contributed by atoms with Crippen molar-refractivity contribution in [1.82, 2.24) is 10.3 Å². The lowest BCUT2D eigenvalue weighted by molar-refractivity contribution is -0.148. The fraction of sp³-hybridized carbons (Fsp3) is 0.417. The Morgan fingerprint density at radius 2 is 2.28 bits per heavy atom.